The minimum atomic E-state index is -4.54. The van der Waals surface area contributed by atoms with Gasteiger partial charge in [-0.1, -0.05) is 0 Å². The lowest BCUT2D eigenvalue weighted by atomic mass is 10.1. The fourth-order valence-corrected chi connectivity index (χ4v) is 0.814. The lowest BCUT2D eigenvalue weighted by Crippen LogP contribution is -2.18. The smallest absolute Gasteiger partial charge is 0.191 e. The average Bonchev–Trinajstić information content (AvgIpc) is 2.29. The highest BCUT2D eigenvalue weighted by molar-refractivity contribution is 6.13. The first-order valence-corrected chi connectivity index (χ1v) is 2.94. The molecule has 1 aliphatic heterocycles. The fraction of sp³-hybridized carbons (Fsp3) is 0.333. The number of allylic oxidation sites excluding steroid dienone is 2. The van der Waals surface area contributed by atoms with E-state index in [0.29, 0.717) is 0 Å². The monoisotopic (exact) mass is 174 g/mol. The van der Waals surface area contributed by atoms with Crippen LogP contribution in [0.1, 0.15) is 6.92 Å². The molecule has 0 saturated heterocycles. The van der Waals surface area contributed by atoms with Crippen LogP contribution >= 0.6 is 0 Å². The summed E-state index contributed by atoms with van der Waals surface area (Å²) in [5, 5.41) is 11.3. The predicted octanol–water partition coefficient (Wildman–Crippen LogP) is 1.32. The molecule has 3 nitrogen and oxygen atoms in total. The van der Waals surface area contributed by atoms with Crippen LogP contribution in [0.4, 0.5) is 13.2 Å². The van der Waals surface area contributed by atoms with Gasteiger partial charge < -0.3 is 0 Å². The Morgan fingerprint density at radius 1 is 1.42 bits per heavy atom. The molecule has 6 heteroatoms. The summed E-state index contributed by atoms with van der Waals surface area (Å²) in [6.07, 6.45) is -4.54. The van der Waals surface area contributed by atoms with Crippen LogP contribution in [0.15, 0.2) is 16.4 Å². The molecular formula is C6H3F3N3. The van der Waals surface area contributed by atoms with Gasteiger partial charge in [0.1, 0.15) is 11.6 Å². The summed E-state index contributed by atoms with van der Waals surface area (Å²) in [5.41, 5.74) is 1.19. The maximum absolute atomic E-state index is 12.1. The Hall–Kier alpha value is -1.51. The molecule has 63 valence electrons. The molecule has 1 radical (unpaired) electrons. The number of hydrogen-bond donors (Lipinski definition) is 0. The van der Waals surface area contributed by atoms with Crippen molar-refractivity contribution in [1.82, 2.24) is 5.43 Å². The van der Waals surface area contributed by atoms with E-state index in [1.54, 1.807) is 0 Å². The SMILES string of the molecule is CC1=C(C(F)(F)F)C(C#N)=N[N]1. The molecule has 0 saturated carbocycles. The lowest BCUT2D eigenvalue weighted by molar-refractivity contribution is -0.0864. The second-order valence-corrected chi connectivity index (χ2v) is 2.12. The standard InChI is InChI=1S/C6H3F3N3/c1-3-5(6(7,8)9)4(2-10)12-11-3/h1H3. The summed E-state index contributed by atoms with van der Waals surface area (Å²) < 4.78 is 36.3. The van der Waals surface area contributed by atoms with Crippen LogP contribution in [0.3, 0.4) is 0 Å². The second-order valence-electron chi connectivity index (χ2n) is 2.12. The van der Waals surface area contributed by atoms with Crippen molar-refractivity contribution in [3.8, 4) is 6.07 Å². The maximum Gasteiger partial charge on any atom is 0.421 e. The largest absolute Gasteiger partial charge is 0.421 e. The second kappa shape index (κ2) is 2.52. The van der Waals surface area contributed by atoms with Gasteiger partial charge in [-0.15, -0.1) is 5.10 Å². The molecule has 0 amide bonds. The van der Waals surface area contributed by atoms with E-state index < -0.39 is 17.5 Å². The van der Waals surface area contributed by atoms with E-state index in [2.05, 4.69) is 10.5 Å². The number of halogens is 3. The Morgan fingerprint density at radius 2 is 2.00 bits per heavy atom. The molecule has 0 atom stereocenters. The van der Waals surface area contributed by atoms with Crippen LogP contribution in [0.25, 0.3) is 0 Å². The molecular weight excluding hydrogens is 171 g/mol. The van der Waals surface area contributed by atoms with Gasteiger partial charge in [-0.05, 0) is 6.92 Å². The first-order valence-electron chi connectivity index (χ1n) is 2.94. The Balaban J connectivity index is 3.12. The van der Waals surface area contributed by atoms with Gasteiger partial charge in [-0.25, -0.2) is 0 Å². The topological polar surface area (TPSA) is 50.2 Å². The summed E-state index contributed by atoms with van der Waals surface area (Å²) >= 11 is 0. The zero-order valence-corrected chi connectivity index (χ0v) is 5.98. The van der Waals surface area contributed by atoms with Crippen LogP contribution in [-0.4, -0.2) is 11.9 Å². The first-order chi connectivity index (χ1) is 5.46. The highest BCUT2D eigenvalue weighted by Gasteiger charge is 2.42. The predicted molar refractivity (Wildman–Crippen MR) is 33.9 cm³/mol. The molecule has 1 aliphatic rings. The number of nitriles is 1. The van der Waals surface area contributed by atoms with Crippen molar-refractivity contribution in [2.45, 2.75) is 13.1 Å². The van der Waals surface area contributed by atoms with E-state index in [4.69, 9.17) is 5.26 Å². The van der Waals surface area contributed by atoms with Crippen molar-refractivity contribution in [2.75, 3.05) is 0 Å². The van der Waals surface area contributed by atoms with Crippen molar-refractivity contribution < 1.29 is 13.2 Å². The summed E-state index contributed by atoms with van der Waals surface area (Å²) in [7, 11) is 0. The van der Waals surface area contributed by atoms with Crippen LogP contribution in [0.2, 0.25) is 0 Å². The number of nitrogens with zero attached hydrogens (tertiary/aromatic N) is 3. The molecule has 0 aromatic heterocycles. The van der Waals surface area contributed by atoms with E-state index in [-0.39, 0.29) is 5.70 Å². The van der Waals surface area contributed by atoms with Gasteiger partial charge in [0.15, 0.2) is 5.71 Å². The molecule has 0 fully saturated rings. The van der Waals surface area contributed by atoms with Gasteiger partial charge in [0, 0.05) is 0 Å². The quantitative estimate of drug-likeness (QED) is 0.546. The summed E-state index contributed by atoms with van der Waals surface area (Å²) in [4.78, 5) is 0. The van der Waals surface area contributed by atoms with Crippen LogP contribution in [-0.2, 0) is 0 Å². The Kier molecular flexibility index (Phi) is 1.80. The van der Waals surface area contributed by atoms with E-state index in [0.717, 1.165) is 6.92 Å². The van der Waals surface area contributed by atoms with Gasteiger partial charge in [0.25, 0.3) is 0 Å². The molecule has 12 heavy (non-hydrogen) atoms. The Morgan fingerprint density at radius 3 is 2.33 bits per heavy atom. The van der Waals surface area contributed by atoms with Crippen LogP contribution < -0.4 is 5.43 Å². The summed E-state index contributed by atoms with van der Waals surface area (Å²) in [5.74, 6) is 0. The molecule has 1 heterocycles. The van der Waals surface area contributed by atoms with Gasteiger partial charge in [-0.3, -0.25) is 0 Å². The molecule has 0 unspecified atom stereocenters. The number of hydrogen-bond acceptors (Lipinski definition) is 2. The zero-order chi connectivity index (χ0) is 9.35. The normalized spacial score (nSPS) is 17.1. The zero-order valence-electron chi connectivity index (χ0n) is 5.98. The molecule has 1 rings (SSSR count). The summed E-state index contributed by atoms with van der Waals surface area (Å²) in [6, 6.07) is 1.33. The molecule has 0 N–H and O–H groups in total. The minimum absolute atomic E-state index is 0.265. The average molecular weight is 174 g/mol. The molecule has 0 aromatic carbocycles. The van der Waals surface area contributed by atoms with Crippen molar-refractivity contribution in [3.05, 3.63) is 11.3 Å². The summed E-state index contributed by atoms with van der Waals surface area (Å²) in [6.45, 7) is 1.16. The van der Waals surface area contributed by atoms with Crippen molar-refractivity contribution in [2.24, 2.45) is 5.10 Å². The third kappa shape index (κ3) is 1.25. The van der Waals surface area contributed by atoms with E-state index >= 15 is 0 Å². The number of rotatable bonds is 0. The van der Waals surface area contributed by atoms with Crippen molar-refractivity contribution >= 4 is 5.71 Å². The van der Waals surface area contributed by atoms with Gasteiger partial charge in [-0.2, -0.15) is 23.9 Å². The number of alkyl halides is 3. The van der Waals surface area contributed by atoms with Crippen molar-refractivity contribution in [1.29, 1.82) is 5.26 Å². The van der Waals surface area contributed by atoms with E-state index in [1.807, 2.05) is 0 Å². The van der Waals surface area contributed by atoms with E-state index in [1.165, 1.54) is 6.07 Å². The molecule has 0 spiro atoms. The minimum Gasteiger partial charge on any atom is -0.191 e. The first kappa shape index (κ1) is 8.59. The van der Waals surface area contributed by atoms with Crippen molar-refractivity contribution in [3.63, 3.8) is 0 Å². The fourth-order valence-electron chi connectivity index (χ4n) is 0.814. The van der Waals surface area contributed by atoms with E-state index in [9.17, 15) is 13.2 Å². The molecule has 0 aromatic rings. The van der Waals surface area contributed by atoms with Gasteiger partial charge in [0.2, 0.25) is 0 Å². The van der Waals surface area contributed by atoms with Crippen LogP contribution in [0, 0.1) is 11.3 Å². The molecule has 0 bridgehead atoms. The highest BCUT2D eigenvalue weighted by atomic mass is 19.4. The Bertz CT molecular complexity index is 305. The third-order valence-electron chi connectivity index (χ3n) is 1.29. The Labute approximate surface area is 66.2 Å². The highest BCUT2D eigenvalue weighted by Crippen LogP contribution is 2.31. The third-order valence-corrected chi connectivity index (χ3v) is 1.29. The lowest BCUT2D eigenvalue weighted by Gasteiger charge is -2.05. The molecule has 0 aliphatic carbocycles. The van der Waals surface area contributed by atoms with Crippen LogP contribution in [0.5, 0.6) is 0 Å². The maximum atomic E-state index is 12.1. The van der Waals surface area contributed by atoms with Gasteiger partial charge >= 0.3 is 6.18 Å². The van der Waals surface area contributed by atoms with Gasteiger partial charge in [0.05, 0.1) is 5.70 Å².